The van der Waals surface area contributed by atoms with Gasteiger partial charge in [-0.2, -0.15) is 0 Å². The van der Waals surface area contributed by atoms with E-state index >= 15 is 0 Å². The Kier molecular flexibility index (Phi) is 9.50. The number of rotatable bonds is 11. The Morgan fingerprint density at radius 2 is 1.24 bits per heavy atom. The Morgan fingerprint density at radius 3 is 1.86 bits per heavy atom. The Morgan fingerprint density at radius 1 is 0.703 bits per heavy atom. The summed E-state index contributed by atoms with van der Waals surface area (Å²) in [5.41, 5.74) is 3.90. The van der Waals surface area contributed by atoms with Gasteiger partial charge < -0.3 is 10.2 Å². The molecule has 0 aliphatic heterocycles. The molecule has 1 atom stereocenters. The molecule has 4 aromatic rings. The molecular weight excluding hydrogens is 480 g/mol. The molecule has 4 aromatic carbocycles. The summed E-state index contributed by atoms with van der Waals surface area (Å²) in [7, 11) is 0. The number of amides is 2. The van der Waals surface area contributed by atoms with Crippen LogP contribution in [0.15, 0.2) is 115 Å². The first-order chi connectivity index (χ1) is 18.1. The van der Waals surface area contributed by atoms with Crippen LogP contribution in [0.25, 0.3) is 0 Å². The predicted molar refractivity (Wildman–Crippen MR) is 149 cm³/mol. The molecule has 188 valence electrons. The molecule has 0 saturated carbocycles. The minimum absolute atomic E-state index is 0.0541. The maximum atomic E-state index is 13.7. The summed E-state index contributed by atoms with van der Waals surface area (Å²) in [6.45, 7) is 0.645. The van der Waals surface area contributed by atoms with E-state index in [9.17, 15) is 9.59 Å². The van der Waals surface area contributed by atoms with Crippen LogP contribution in [-0.2, 0) is 35.5 Å². The van der Waals surface area contributed by atoms with E-state index in [0.29, 0.717) is 37.4 Å². The van der Waals surface area contributed by atoms with E-state index < -0.39 is 6.04 Å². The van der Waals surface area contributed by atoms with Gasteiger partial charge in [-0.05, 0) is 34.7 Å². The van der Waals surface area contributed by atoms with Gasteiger partial charge in [-0.15, -0.1) is 0 Å². The molecule has 0 spiro atoms. The van der Waals surface area contributed by atoms with Gasteiger partial charge in [0.05, 0.1) is 0 Å². The number of benzene rings is 4. The third kappa shape index (κ3) is 7.80. The second-order valence-corrected chi connectivity index (χ2v) is 9.41. The van der Waals surface area contributed by atoms with Crippen molar-refractivity contribution in [3.63, 3.8) is 0 Å². The molecule has 37 heavy (non-hydrogen) atoms. The second-order valence-electron chi connectivity index (χ2n) is 9.01. The monoisotopic (exact) mass is 510 g/mol. The highest BCUT2D eigenvalue weighted by Gasteiger charge is 2.30. The summed E-state index contributed by atoms with van der Waals surface area (Å²) in [5.74, 6) is -0.255. The molecule has 5 heteroatoms. The lowest BCUT2D eigenvalue weighted by Crippen LogP contribution is -2.50. The number of aryl methyl sites for hydroxylation is 1. The maximum absolute atomic E-state index is 13.7. The van der Waals surface area contributed by atoms with Crippen molar-refractivity contribution >= 4 is 23.4 Å². The van der Waals surface area contributed by atoms with Crippen molar-refractivity contribution in [3.8, 4) is 0 Å². The fourth-order valence-electron chi connectivity index (χ4n) is 4.32. The molecule has 0 heterocycles. The van der Waals surface area contributed by atoms with Gasteiger partial charge in [0, 0.05) is 31.0 Å². The van der Waals surface area contributed by atoms with Gasteiger partial charge in [-0.3, -0.25) is 9.59 Å². The van der Waals surface area contributed by atoms with E-state index in [1.54, 1.807) is 11.0 Å². The van der Waals surface area contributed by atoms with Crippen molar-refractivity contribution < 1.29 is 9.59 Å². The van der Waals surface area contributed by atoms with Crippen LogP contribution in [0.1, 0.15) is 28.7 Å². The first kappa shape index (κ1) is 26.2. The Labute approximate surface area is 223 Å². The van der Waals surface area contributed by atoms with Crippen LogP contribution in [0, 0.1) is 0 Å². The number of hydrogen-bond acceptors (Lipinski definition) is 2. The van der Waals surface area contributed by atoms with Gasteiger partial charge in [0.25, 0.3) is 0 Å². The van der Waals surface area contributed by atoms with Crippen molar-refractivity contribution in [2.45, 2.75) is 38.4 Å². The van der Waals surface area contributed by atoms with Crippen LogP contribution < -0.4 is 5.32 Å². The molecule has 0 saturated heterocycles. The minimum atomic E-state index is -0.673. The van der Waals surface area contributed by atoms with Gasteiger partial charge in [-0.1, -0.05) is 121 Å². The van der Waals surface area contributed by atoms with Crippen molar-refractivity contribution in [2.24, 2.45) is 0 Å². The highest BCUT2D eigenvalue weighted by Crippen LogP contribution is 2.18. The van der Waals surface area contributed by atoms with Gasteiger partial charge in [-0.25, -0.2) is 0 Å². The molecule has 4 rings (SSSR count). The maximum Gasteiger partial charge on any atom is 0.243 e. The average molecular weight is 511 g/mol. The molecule has 0 unspecified atom stereocenters. The number of hydrogen-bond donors (Lipinski definition) is 1. The average Bonchev–Trinajstić information content (AvgIpc) is 2.94. The Bertz CT molecular complexity index is 1280. The van der Waals surface area contributed by atoms with Crippen molar-refractivity contribution in [3.05, 3.63) is 143 Å². The third-order valence-electron chi connectivity index (χ3n) is 6.35. The quantitative estimate of drug-likeness (QED) is 0.260. The van der Waals surface area contributed by atoms with Gasteiger partial charge in [0.15, 0.2) is 0 Å². The summed E-state index contributed by atoms with van der Waals surface area (Å²) in [5, 5.41) is 3.64. The normalized spacial score (nSPS) is 11.5. The van der Waals surface area contributed by atoms with Crippen LogP contribution >= 0.6 is 11.6 Å². The third-order valence-corrected chi connectivity index (χ3v) is 6.72. The van der Waals surface area contributed by atoms with Gasteiger partial charge >= 0.3 is 0 Å². The molecule has 2 amide bonds. The molecule has 0 fully saturated rings. The number of nitrogens with one attached hydrogen (secondary N) is 1. The zero-order chi connectivity index (χ0) is 25.9. The topological polar surface area (TPSA) is 49.4 Å². The van der Waals surface area contributed by atoms with E-state index in [-0.39, 0.29) is 11.8 Å². The van der Waals surface area contributed by atoms with E-state index in [2.05, 4.69) is 5.32 Å². The zero-order valence-electron chi connectivity index (χ0n) is 20.7. The number of carbonyl (C=O) groups excluding carboxylic acids is 2. The summed E-state index contributed by atoms with van der Waals surface area (Å²) in [6.07, 6.45) is 1.35. The summed E-state index contributed by atoms with van der Waals surface area (Å²) in [6, 6.07) is 36.4. The largest absolute Gasteiger partial charge is 0.350 e. The zero-order valence-corrected chi connectivity index (χ0v) is 21.5. The molecule has 0 aromatic heterocycles. The molecule has 0 aliphatic rings. The van der Waals surface area contributed by atoms with Crippen molar-refractivity contribution in [2.75, 3.05) is 0 Å². The second kappa shape index (κ2) is 13.4. The van der Waals surface area contributed by atoms with Crippen molar-refractivity contribution in [1.82, 2.24) is 10.2 Å². The SMILES string of the molecule is O=C(NCc1ccccc1Cl)[C@@H](Cc1ccccc1)N(Cc1ccccc1)C(=O)CCc1ccccc1. The predicted octanol–water partition coefficient (Wildman–Crippen LogP) is 6.23. The smallest absolute Gasteiger partial charge is 0.243 e. The number of nitrogens with zero attached hydrogens (tertiary/aromatic N) is 1. The number of halogens is 1. The molecule has 0 bridgehead atoms. The molecule has 0 aliphatic carbocycles. The van der Waals surface area contributed by atoms with E-state index in [1.807, 2.05) is 109 Å². The standard InChI is InChI=1S/C32H31ClN2O2/c33-29-19-11-10-18-28(29)23-34-32(37)30(22-26-14-6-2-7-15-26)35(24-27-16-8-3-9-17-27)31(36)21-20-25-12-4-1-5-13-25/h1-19,30H,20-24H2,(H,34,37)/t30-/m1/s1. The number of carbonyl (C=O) groups is 2. The van der Waals surface area contributed by atoms with E-state index in [0.717, 1.165) is 22.3 Å². The first-order valence-electron chi connectivity index (χ1n) is 12.5. The fraction of sp³-hybridized carbons (Fsp3) is 0.188. The van der Waals surface area contributed by atoms with Crippen LogP contribution in [0.4, 0.5) is 0 Å². The van der Waals surface area contributed by atoms with Gasteiger partial charge in [0.1, 0.15) is 6.04 Å². The molecular formula is C32H31ClN2O2. The highest BCUT2D eigenvalue weighted by atomic mass is 35.5. The highest BCUT2D eigenvalue weighted by molar-refractivity contribution is 6.31. The summed E-state index contributed by atoms with van der Waals surface area (Å²) in [4.78, 5) is 29.1. The lowest BCUT2D eigenvalue weighted by molar-refractivity contribution is -0.141. The van der Waals surface area contributed by atoms with Gasteiger partial charge in [0.2, 0.25) is 11.8 Å². The summed E-state index contributed by atoms with van der Waals surface area (Å²) < 4.78 is 0. The van der Waals surface area contributed by atoms with E-state index in [4.69, 9.17) is 11.6 Å². The minimum Gasteiger partial charge on any atom is -0.350 e. The lowest BCUT2D eigenvalue weighted by Gasteiger charge is -2.32. The Balaban J connectivity index is 1.60. The first-order valence-corrected chi connectivity index (χ1v) is 12.9. The molecule has 0 radical (unpaired) electrons. The van der Waals surface area contributed by atoms with E-state index in [1.165, 1.54) is 0 Å². The van der Waals surface area contributed by atoms with Crippen LogP contribution in [0.5, 0.6) is 0 Å². The van der Waals surface area contributed by atoms with Crippen molar-refractivity contribution in [1.29, 1.82) is 0 Å². The van der Waals surface area contributed by atoms with Crippen LogP contribution in [0.2, 0.25) is 5.02 Å². The van der Waals surface area contributed by atoms with Crippen LogP contribution in [0.3, 0.4) is 0 Å². The lowest BCUT2D eigenvalue weighted by atomic mass is 10.0. The Hall–Kier alpha value is -3.89. The summed E-state index contributed by atoms with van der Waals surface area (Å²) >= 11 is 6.32. The molecule has 1 N–H and O–H groups in total. The molecule has 4 nitrogen and oxygen atoms in total. The van der Waals surface area contributed by atoms with Crippen LogP contribution in [-0.4, -0.2) is 22.8 Å². The fourth-order valence-corrected chi connectivity index (χ4v) is 4.52.